The molecular weight excluding hydrogens is 491 g/mol. The van der Waals surface area contributed by atoms with Gasteiger partial charge in [0.05, 0.1) is 12.6 Å². The van der Waals surface area contributed by atoms with E-state index in [-0.39, 0.29) is 25.8 Å². The van der Waals surface area contributed by atoms with Crippen molar-refractivity contribution >= 4 is 23.7 Å². The van der Waals surface area contributed by atoms with Gasteiger partial charge in [-0.1, -0.05) is 0 Å². The Balaban J connectivity index is 2.44. The average Bonchev–Trinajstić information content (AvgIpc) is 2.83. The summed E-state index contributed by atoms with van der Waals surface area (Å²) >= 11 is 0. The lowest BCUT2D eigenvalue weighted by Gasteiger charge is -2.46. The Labute approximate surface area is 205 Å². The number of aliphatic hydroxyl groups excluding tert-OH is 4. The van der Waals surface area contributed by atoms with Gasteiger partial charge in [-0.3, -0.25) is 19.2 Å². The highest BCUT2D eigenvalue weighted by atomic mass is 19.1. The smallest absolute Gasteiger partial charge is 0.325 e. The van der Waals surface area contributed by atoms with Gasteiger partial charge >= 0.3 is 5.97 Å². The van der Waals surface area contributed by atoms with Crippen LogP contribution < -0.4 is 21.7 Å². The van der Waals surface area contributed by atoms with E-state index in [0.29, 0.717) is 0 Å². The summed E-state index contributed by atoms with van der Waals surface area (Å²) in [7, 11) is 0. The zero-order chi connectivity index (χ0) is 27.8. The van der Waals surface area contributed by atoms with Crippen LogP contribution in [0.15, 0.2) is 0 Å². The molecule has 15 nitrogen and oxygen atoms in total. The van der Waals surface area contributed by atoms with E-state index >= 15 is 0 Å². The number of carbonyl (C=O) groups is 4. The highest BCUT2D eigenvalue weighted by Crippen LogP contribution is 2.32. The molecule has 1 aliphatic heterocycles. The van der Waals surface area contributed by atoms with Gasteiger partial charge in [-0.05, 0) is 33.1 Å². The molecule has 9 atom stereocenters. The summed E-state index contributed by atoms with van der Waals surface area (Å²) < 4.78 is 19.4. The summed E-state index contributed by atoms with van der Waals surface area (Å²) in [5, 5.41) is 64.2. The van der Waals surface area contributed by atoms with E-state index in [1.807, 2.05) is 0 Å². The van der Waals surface area contributed by atoms with Crippen LogP contribution in [0.4, 0.5) is 4.39 Å². The lowest BCUT2D eigenvalue weighted by molar-refractivity contribution is -0.363. The molecule has 1 heterocycles. The maximum Gasteiger partial charge on any atom is 0.325 e. The molecule has 1 unspecified atom stereocenters. The second-order valence-corrected chi connectivity index (χ2v) is 8.57. The van der Waals surface area contributed by atoms with E-state index < -0.39 is 84.8 Å². The number of nitrogens with one attached hydrogen (secondary N) is 3. The van der Waals surface area contributed by atoms with Gasteiger partial charge in [-0.15, -0.1) is 0 Å². The van der Waals surface area contributed by atoms with Crippen molar-refractivity contribution in [2.75, 3.05) is 13.2 Å². The van der Waals surface area contributed by atoms with E-state index in [1.165, 1.54) is 13.8 Å². The van der Waals surface area contributed by atoms with Crippen molar-refractivity contribution in [2.24, 2.45) is 5.73 Å². The van der Waals surface area contributed by atoms with E-state index in [9.17, 15) is 44.0 Å². The first-order chi connectivity index (χ1) is 16.7. The quantitative estimate of drug-likeness (QED) is 0.101. The lowest BCUT2D eigenvalue weighted by atomic mass is 9.89. The van der Waals surface area contributed by atoms with Gasteiger partial charge in [-0.2, -0.15) is 0 Å². The molecule has 1 rings (SSSR count). The number of hydrogen-bond acceptors (Lipinski definition) is 11. The molecule has 36 heavy (non-hydrogen) atoms. The Kier molecular flexibility index (Phi) is 12.0. The fourth-order valence-electron chi connectivity index (χ4n) is 3.28. The van der Waals surface area contributed by atoms with Crippen molar-refractivity contribution in [1.29, 1.82) is 0 Å². The minimum Gasteiger partial charge on any atom is -0.480 e. The summed E-state index contributed by atoms with van der Waals surface area (Å²) in [6, 6.07) is -3.22. The maximum absolute atomic E-state index is 14.6. The van der Waals surface area contributed by atoms with Crippen LogP contribution in [0.25, 0.3) is 0 Å². The zero-order valence-corrected chi connectivity index (χ0v) is 19.8. The first-order valence-corrected chi connectivity index (χ1v) is 11.2. The molecule has 0 radical (unpaired) electrons. The predicted molar refractivity (Wildman–Crippen MR) is 118 cm³/mol. The van der Waals surface area contributed by atoms with Gasteiger partial charge in [0.25, 0.3) is 5.91 Å². The molecule has 1 saturated heterocycles. The number of alkyl halides is 1. The topological polar surface area (TPSA) is 261 Å². The molecule has 3 amide bonds. The Morgan fingerprint density at radius 2 is 1.58 bits per heavy atom. The third kappa shape index (κ3) is 8.02. The van der Waals surface area contributed by atoms with E-state index in [2.05, 4.69) is 16.0 Å². The molecule has 1 fully saturated rings. The summed E-state index contributed by atoms with van der Waals surface area (Å²) in [6.45, 7) is 1.55. The van der Waals surface area contributed by atoms with E-state index in [4.69, 9.17) is 20.7 Å². The van der Waals surface area contributed by atoms with Crippen molar-refractivity contribution < 1.29 is 58.9 Å². The fraction of sp³-hybridized carbons (Fsp3) is 0.800. The van der Waals surface area contributed by atoms with Crippen LogP contribution in [0, 0.1) is 0 Å². The van der Waals surface area contributed by atoms with Crippen LogP contribution in [0.1, 0.15) is 33.1 Å². The Morgan fingerprint density at radius 3 is 2.14 bits per heavy atom. The van der Waals surface area contributed by atoms with Crippen LogP contribution in [0.3, 0.4) is 0 Å². The van der Waals surface area contributed by atoms with Crippen molar-refractivity contribution in [1.82, 2.24) is 16.0 Å². The molecule has 0 aromatic rings. The van der Waals surface area contributed by atoms with Gasteiger partial charge in [0.2, 0.25) is 23.8 Å². The first-order valence-electron chi connectivity index (χ1n) is 11.2. The second-order valence-electron chi connectivity index (χ2n) is 8.57. The number of ether oxygens (including phenoxy) is 1. The first kappa shape index (κ1) is 31.6. The number of aliphatic hydroxyl groups is 5. The minimum atomic E-state index is -3.22. The summed E-state index contributed by atoms with van der Waals surface area (Å²) in [5.74, 6) is -7.24. The number of amides is 3. The number of nitrogens with two attached hydrogens (primary N) is 1. The molecule has 0 spiro atoms. The van der Waals surface area contributed by atoms with Crippen LogP contribution >= 0.6 is 0 Å². The second kappa shape index (κ2) is 13.7. The van der Waals surface area contributed by atoms with Crippen molar-refractivity contribution in [2.45, 2.75) is 87.6 Å². The van der Waals surface area contributed by atoms with Gasteiger partial charge in [0.1, 0.15) is 36.5 Å². The van der Waals surface area contributed by atoms with E-state index in [0.717, 1.165) is 0 Å². The molecular formula is C20H35FN4O11. The highest BCUT2D eigenvalue weighted by Gasteiger charge is 2.59. The monoisotopic (exact) mass is 526 g/mol. The molecule has 208 valence electrons. The predicted octanol–water partition coefficient (Wildman–Crippen LogP) is -4.81. The van der Waals surface area contributed by atoms with Crippen LogP contribution in [0.5, 0.6) is 0 Å². The number of carbonyl (C=O) groups excluding carboxylic acids is 3. The number of hydrogen-bond donors (Lipinski definition) is 10. The number of rotatable bonds is 13. The van der Waals surface area contributed by atoms with Gasteiger partial charge in [-0.25, -0.2) is 4.39 Å². The number of carboxylic acid groups (broad SMARTS) is 1. The number of aliphatic carboxylic acids is 1. The van der Waals surface area contributed by atoms with Gasteiger partial charge < -0.3 is 57.1 Å². The number of carboxylic acids is 1. The summed E-state index contributed by atoms with van der Waals surface area (Å²) in [6.07, 6.45) is -10.2. The molecule has 1 aliphatic rings. The van der Waals surface area contributed by atoms with Crippen molar-refractivity contribution in [3.63, 3.8) is 0 Å². The standard InChI is InChI=1S/C20H35FN4O11/c1-8(16(30)25-9(2)19(33)34)24-17(31)10(22)5-3-4-6-23-18(32)14(21)20(35)15(29)13(28)12(27)11(7-26)36-20/h8-15,26-29,35H,3-7,22H2,1-2H3,(H,23,32)(H,24,31)(H,25,30)(H,33,34)/t8-,9-,10-,11+,12-,13-,14?,15+,20-/m0/s1. The lowest BCUT2D eigenvalue weighted by Crippen LogP contribution is -2.70. The van der Waals surface area contributed by atoms with Gasteiger partial charge in [0, 0.05) is 6.54 Å². The fourth-order valence-corrected chi connectivity index (χ4v) is 3.28. The largest absolute Gasteiger partial charge is 0.480 e. The third-order valence-electron chi connectivity index (χ3n) is 5.65. The van der Waals surface area contributed by atoms with Crippen molar-refractivity contribution in [3.05, 3.63) is 0 Å². The molecule has 0 bridgehead atoms. The third-order valence-corrected chi connectivity index (χ3v) is 5.65. The maximum atomic E-state index is 14.6. The van der Waals surface area contributed by atoms with Gasteiger partial charge in [0.15, 0.2) is 0 Å². The Hall–Kier alpha value is -2.47. The average molecular weight is 527 g/mol. The Morgan fingerprint density at radius 1 is 1.00 bits per heavy atom. The molecule has 11 N–H and O–H groups in total. The number of halogens is 1. The number of unbranched alkanes of at least 4 members (excludes halogenated alkanes) is 1. The zero-order valence-electron chi connectivity index (χ0n) is 19.8. The van der Waals surface area contributed by atoms with Crippen LogP contribution in [-0.4, -0.2) is 122 Å². The van der Waals surface area contributed by atoms with E-state index in [1.54, 1.807) is 0 Å². The minimum absolute atomic E-state index is 0.120. The molecule has 0 saturated carbocycles. The highest BCUT2D eigenvalue weighted by molar-refractivity contribution is 5.91. The molecule has 16 heteroatoms. The van der Waals surface area contributed by atoms with Crippen LogP contribution in [0.2, 0.25) is 0 Å². The van der Waals surface area contributed by atoms with Crippen molar-refractivity contribution in [3.8, 4) is 0 Å². The Bertz CT molecular complexity index is 789. The van der Waals surface area contributed by atoms with Crippen LogP contribution in [-0.2, 0) is 23.9 Å². The molecule has 0 aliphatic carbocycles. The summed E-state index contributed by atoms with van der Waals surface area (Å²) in [5.41, 5.74) is 5.76. The summed E-state index contributed by atoms with van der Waals surface area (Å²) in [4.78, 5) is 46.8. The normalized spacial score (nSPS) is 29.4. The SMILES string of the molecule is C[C@H](NC(=O)[C@H](C)NC(=O)[C@@H](N)CCCCNC(=O)C(F)[C@]1(O)O[C@H](CO)[C@H](O)[C@H](O)[C@H]1O)C(=O)O. The molecule has 0 aromatic heterocycles. The molecule has 0 aromatic carbocycles.